The summed E-state index contributed by atoms with van der Waals surface area (Å²) in [6.45, 7) is 2.33. The van der Waals surface area contributed by atoms with Crippen LogP contribution in [0.3, 0.4) is 0 Å². The molecule has 1 aliphatic carbocycles. The molecule has 1 aromatic carbocycles. The van der Waals surface area contributed by atoms with Crippen LogP contribution in [0.5, 0.6) is 0 Å². The fourth-order valence-corrected chi connectivity index (χ4v) is 4.42. The standard InChI is InChI=1S/C15H20BrCl/c1-2-15(8-3-4-9-15)14(16)11-12-6-5-7-13(17)10-12/h5-7,10,14H,2-4,8-9,11H2,1H3. The SMILES string of the molecule is CCC1(C(Br)Cc2cccc(Cl)c2)CCCC1. The quantitative estimate of drug-likeness (QED) is 0.633. The highest BCUT2D eigenvalue weighted by Gasteiger charge is 2.38. The van der Waals surface area contributed by atoms with Crippen molar-refractivity contribution in [2.75, 3.05) is 0 Å². The van der Waals surface area contributed by atoms with Crippen LogP contribution < -0.4 is 0 Å². The van der Waals surface area contributed by atoms with Crippen molar-refractivity contribution in [3.8, 4) is 0 Å². The van der Waals surface area contributed by atoms with E-state index in [2.05, 4.69) is 35.0 Å². The molecule has 2 heteroatoms. The Morgan fingerprint density at radius 1 is 1.35 bits per heavy atom. The van der Waals surface area contributed by atoms with Gasteiger partial charge in [-0.1, -0.05) is 59.4 Å². The number of halogens is 2. The molecule has 2 rings (SSSR count). The van der Waals surface area contributed by atoms with Crippen molar-refractivity contribution in [2.24, 2.45) is 5.41 Å². The lowest BCUT2D eigenvalue weighted by Crippen LogP contribution is -2.29. The summed E-state index contributed by atoms with van der Waals surface area (Å²) in [4.78, 5) is 0.584. The first kappa shape index (κ1) is 13.4. The zero-order valence-electron chi connectivity index (χ0n) is 10.4. The van der Waals surface area contributed by atoms with Gasteiger partial charge in [-0.3, -0.25) is 0 Å². The van der Waals surface area contributed by atoms with Gasteiger partial charge in [0.25, 0.3) is 0 Å². The second-order valence-electron chi connectivity index (χ2n) is 5.22. The minimum Gasteiger partial charge on any atom is -0.0881 e. The Morgan fingerprint density at radius 2 is 2.06 bits per heavy atom. The van der Waals surface area contributed by atoms with E-state index in [9.17, 15) is 0 Å². The molecule has 1 fully saturated rings. The first-order valence-corrected chi connectivity index (χ1v) is 7.84. The summed E-state index contributed by atoms with van der Waals surface area (Å²) in [6, 6.07) is 8.26. The smallest absolute Gasteiger partial charge is 0.0408 e. The van der Waals surface area contributed by atoms with Gasteiger partial charge in [0.05, 0.1) is 0 Å². The zero-order chi connectivity index (χ0) is 12.3. The van der Waals surface area contributed by atoms with Crippen LogP contribution in [0.15, 0.2) is 24.3 Å². The molecule has 1 unspecified atom stereocenters. The van der Waals surface area contributed by atoms with Crippen molar-refractivity contribution in [1.82, 2.24) is 0 Å². The second kappa shape index (κ2) is 5.75. The van der Waals surface area contributed by atoms with Crippen molar-refractivity contribution in [3.63, 3.8) is 0 Å². The van der Waals surface area contributed by atoms with Crippen molar-refractivity contribution in [2.45, 2.75) is 50.3 Å². The highest BCUT2D eigenvalue weighted by Crippen LogP contribution is 2.47. The van der Waals surface area contributed by atoms with E-state index in [0.29, 0.717) is 10.2 Å². The molecule has 1 atom stereocenters. The average Bonchev–Trinajstić information content (AvgIpc) is 2.78. The zero-order valence-corrected chi connectivity index (χ0v) is 12.7. The maximum atomic E-state index is 6.04. The molecule has 1 aromatic rings. The molecule has 94 valence electrons. The molecule has 0 N–H and O–H groups in total. The molecular weight excluding hydrogens is 296 g/mol. The Labute approximate surface area is 118 Å². The molecule has 1 aliphatic rings. The fourth-order valence-electron chi connectivity index (χ4n) is 3.05. The van der Waals surface area contributed by atoms with Crippen LogP contribution in [0, 0.1) is 5.41 Å². The maximum absolute atomic E-state index is 6.04. The monoisotopic (exact) mass is 314 g/mol. The predicted molar refractivity (Wildman–Crippen MR) is 79.1 cm³/mol. The van der Waals surface area contributed by atoms with Gasteiger partial charge in [0.2, 0.25) is 0 Å². The van der Waals surface area contributed by atoms with Crippen molar-refractivity contribution in [3.05, 3.63) is 34.9 Å². The first-order chi connectivity index (χ1) is 8.16. The van der Waals surface area contributed by atoms with Crippen LogP contribution in [-0.2, 0) is 6.42 Å². The number of hydrogen-bond acceptors (Lipinski definition) is 0. The minimum absolute atomic E-state index is 0.516. The van der Waals surface area contributed by atoms with E-state index in [1.165, 1.54) is 37.7 Å². The largest absolute Gasteiger partial charge is 0.0881 e. The van der Waals surface area contributed by atoms with E-state index < -0.39 is 0 Å². The summed E-state index contributed by atoms with van der Waals surface area (Å²) >= 11 is 9.98. The van der Waals surface area contributed by atoms with E-state index in [-0.39, 0.29) is 0 Å². The van der Waals surface area contributed by atoms with Crippen LogP contribution in [0.4, 0.5) is 0 Å². The fraction of sp³-hybridized carbons (Fsp3) is 0.600. The summed E-state index contributed by atoms with van der Waals surface area (Å²) in [6.07, 6.45) is 7.91. The van der Waals surface area contributed by atoms with Crippen molar-refractivity contribution < 1.29 is 0 Å². The Kier molecular flexibility index (Phi) is 4.54. The number of alkyl halides is 1. The van der Waals surface area contributed by atoms with E-state index in [1.54, 1.807) is 0 Å². The van der Waals surface area contributed by atoms with Crippen molar-refractivity contribution in [1.29, 1.82) is 0 Å². The predicted octanol–water partition coefficient (Wildman–Crippen LogP) is 5.62. The minimum atomic E-state index is 0.516. The Hall–Kier alpha value is -0.0100. The third kappa shape index (κ3) is 3.06. The van der Waals surface area contributed by atoms with Crippen LogP contribution in [0.2, 0.25) is 5.02 Å². The number of rotatable bonds is 4. The Balaban J connectivity index is 2.07. The van der Waals surface area contributed by atoms with Gasteiger partial charge in [-0.05, 0) is 48.8 Å². The highest BCUT2D eigenvalue weighted by molar-refractivity contribution is 9.09. The van der Waals surface area contributed by atoms with Gasteiger partial charge in [-0.25, -0.2) is 0 Å². The van der Waals surface area contributed by atoms with Gasteiger partial charge >= 0.3 is 0 Å². The molecule has 0 heterocycles. The molecular formula is C15H20BrCl. The Morgan fingerprint density at radius 3 is 2.65 bits per heavy atom. The van der Waals surface area contributed by atoms with Crippen LogP contribution >= 0.6 is 27.5 Å². The maximum Gasteiger partial charge on any atom is 0.0408 e. The molecule has 0 saturated heterocycles. The lowest BCUT2D eigenvalue weighted by atomic mass is 9.78. The molecule has 0 spiro atoms. The lowest BCUT2D eigenvalue weighted by Gasteiger charge is -2.33. The summed E-state index contributed by atoms with van der Waals surface area (Å²) < 4.78 is 0. The van der Waals surface area contributed by atoms with E-state index in [4.69, 9.17) is 11.6 Å². The Bertz CT molecular complexity index is 369. The highest BCUT2D eigenvalue weighted by atomic mass is 79.9. The van der Waals surface area contributed by atoms with Crippen LogP contribution in [-0.4, -0.2) is 4.83 Å². The van der Waals surface area contributed by atoms with E-state index in [1.807, 2.05) is 12.1 Å². The van der Waals surface area contributed by atoms with Crippen LogP contribution in [0.1, 0.15) is 44.6 Å². The molecule has 0 aliphatic heterocycles. The molecule has 17 heavy (non-hydrogen) atoms. The second-order valence-corrected chi connectivity index (χ2v) is 6.77. The van der Waals surface area contributed by atoms with Gasteiger partial charge in [-0.2, -0.15) is 0 Å². The average molecular weight is 316 g/mol. The molecule has 0 nitrogen and oxygen atoms in total. The van der Waals surface area contributed by atoms with Crippen molar-refractivity contribution >= 4 is 27.5 Å². The van der Waals surface area contributed by atoms with Gasteiger partial charge < -0.3 is 0 Å². The van der Waals surface area contributed by atoms with Crippen LogP contribution in [0.25, 0.3) is 0 Å². The summed E-state index contributed by atoms with van der Waals surface area (Å²) in [5.74, 6) is 0. The van der Waals surface area contributed by atoms with Gasteiger partial charge in [0.1, 0.15) is 0 Å². The first-order valence-electron chi connectivity index (χ1n) is 6.55. The summed E-state index contributed by atoms with van der Waals surface area (Å²) in [7, 11) is 0. The molecule has 1 saturated carbocycles. The van der Waals surface area contributed by atoms with Gasteiger partial charge in [0.15, 0.2) is 0 Å². The molecule has 0 amide bonds. The normalized spacial score (nSPS) is 20.4. The molecule has 0 radical (unpaired) electrons. The van der Waals surface area contributed by atoms with Gasteiger partial charge in [0, 0.05) is 9.85 Å². The lowest BCUT2D eigenvalue weighted by molar-refractivity contribution is 0.275. The van der Waals surface area contributed by atoms with E-state index in [0.717, 1.165) is 11.4 Å². The summed E-state index contributed by atoms with van der Waals surface area (Å²) in [5, 5.41) is 0.846. The number of hydrogen-bond donors (Lipinski definition) is 0. The molecule has 0 aromatic heterocycles. The topological polar surface area (TPSA) is 0 Å². The third-order valence-corrected chi connectivity index (χ3v) is 5.80. The summed E-state index contributed by atoms with van der Waals surface area (Å²) in [5.41, 5.74) is 1.86. The molecule has 0 bridgehead atoms. The third-order valence-electron chi connectivity index (χ3n) is 4.27. The van der Waals surface area contributed by atoms with Gasteiger partial charge in [-0.15, -0.1) is 0 Å². The number of benzene rings is 1. The van der Waals surface area contributed by atoms with E-state index >= 15 is 0 Å².